The minimum absolute atomic E-state index is 0.118. The summed E-state index contributed by atoms with van der Waals surface area (Å²) in [5.41, 5.74) is -0.0636. The average molecular weight is 574 g/mol. The third kappa shape index (κ3) is 12.3. The van der Waals surface area contributed by atoms with Crippen molar-refractivity contribution in [3.63, 3.8) is 0 Å². The van der Waals surface area contributed by atoms with Crippen LogP contribution in [0.1, 0.15) is 123 Å². The van der Waals surface area contributed by atoms with Gasteiger partial charge in [0.1, 0.15) is 0 Å². The van der Waals surface area contributed by atoms with E-state index in [0.29, 0.717) is 12.0 Å². The van der Waals surface area contributed by atoms with E-state index in [4.69, 9.17) is 0 Å². The average Bonchev–Trinajstić information content (AvgIpc) is 2.77. The van der Waals surface area contributed by atoms with Crippen molar-refractivity contribution in [1.29, 1.82) is 0 Å². The molecule has 1 rings (SSSR count). The van der Waals surface area contributed by atoms with E-state index in [0.717, 1.165) is 44.6 Å². The lowest BCUT2D eigenvalue weighted by Crippen LogP contribution is -2.09. The highest BCUT2D eigenvalue weighted by Crippen LogP contribution is 2.27. The van der Waals surface area contributed by atoms with E-state index in [9.17, 15) is 25.9 Å². The van der Waals surface area contributed by atoms with Crippen molar-refractivity contribution in [2.45, 2.75) is 103 Å². The van der Waals surface area contributed by atoms with Crippen molar-refractivity contribution in [2.24, 2.45) is 0 Å². The number of allylic oxidation sites excluding steroid dienone is 2. The molecule has 7 heteroatoms. The van der Waals surface area contributed by atoms with E-state index in [-0.39, 0.29) is 14.7 Å². The Labute approximate surface area is 205 Å². The predicted molar refractivity (Wildman–Crippen MR) is 138 cm³/mol. The van der Waals surface area contributed by atoms with Gasteiger partial charge in [-0.2, -0.15) is 0 Å². The Bertz CT molecular complexity index is 833. The number of hydrogen-bond acceptors (Lipinski definition) is 4. The predicted octanol–water partition coefficient (Wildman–Crippen LogP) is 8.03. The second-order valence-corrected chi connectivity index (χ2v) is 10.9. The minimum Gasteiger partial charge on any atom is -0.478 e. The molecule has 0 saturated heterocycles. The number of aryl methyl sites for hydroxylation is 1. The van der Waals surface area contributed by atoms with Gasteiger partial charge >= 0.3 is 31.7 Å². The first kappa shape index (κ1) is 29.3. The molecular weight excluding hydrogens is 535 g/mol. The summed E-state index contributed by atoms with van der Waals surface area (Å²) in [7, 11) is 0. The molecule has 2 N–H and O–H groups in total. The molecule has 186 valence electrons. The van der Waals surface area contributed by atoms with Gasteiger partial charge < -0.3 is 10.2 Å². The zero-order valence-electron chi connectivity index (χ0n) is 19.8. The van der Waals surface area contributed by atoms with Crippen LogP contribution in [-0.4, -0.2) is 22.2 Å². The highest BCUT2D eigenvalue weighted by molar-refractivity contribution is 14.2. The van der Waals surface area contributed by atoms with Crippen molar-refractivity contribution in [3.05, 3.63) is 44.5 Å². The maximum atomic E-state index is 11.5. The Morgan fingerprint density at radius 2 is 1.21 bits per heavy atom. The molecule has 0 aliphatic rings. The lowest BCUT2D eigenvalue weighted by molar-refractivity contribution is 0.0679. The molecule has 0 spiro atoms. The standard InChI is InChI=1S/C26H39IO6/c1-2-3-4-5-6-7-8-9-10-11-12-13-14-15-16-17-18-21-19-23(26(30)31)24(27(32)33)20-22(21)25(28)29/h11-12,19-20H,2-10,13-18H2,1H3,(H,28,29)(H,30,31). The van der Waals surface area contributed by atoms with E-state index in [1.807, 2.05) is 0 Å². The summed E-state index contributed by atoms with van der Waals surface area (Å²) in [6.07, 6.45) is 21.5. The van der Waals surface area contributed by atoms with Crippen LogP contribution in [0.2, 0.25) is 0 Å². The number of carboxylic acid groups (broad SMARTS) is 2. The van der Waals surface area contributed by atoms with Crippen molar-refractivity contribution >= 4 is 31.7 Å². The molecule has 0 aliphatic carbocycles. The van der Waals surface area contributed by atoms with Crippen molar-refractivity contribution in [3.8, 4) is 0 Å². The Kier molecular flexibility index (Phi) is 15.7. The number of rotatable bonds is 19. The first-order chi connectivity index (χ1) is 15.9. The topological polar surface area (TPSA) is 109 Å². The van der Waals surface area contributed by atoms with Crippen molar-refractivity contribution in [1.82, 2.24) is 0 Å². The first-order valence-electron chi connectivity index (χ1n) is 12.2. The van der Waals surface area contributed by atoms with Gasteiger partial charge in [-0.15, -0.1) is 0 Å². The highest BCUT2D eigenvalue weighted by Gasteiger charge is 2.21. The number of carboxylic acids is 2. The molecule has 1 aromatic rings. The monoisotopic (exact) mass is 574 g/mol. The second kappa shape index (κ2) is 17.7. The number of halogens is 1. The van der Waals surface area contributed by atoms with E-state index < -0.39 is 31.7 Å². The summed E-state index contributed by atoms with van der Waals surface area (Å²) in [5.74, 6) is -2.58. The van der Waals surface area contributed by atoms with Crippen LogP contribution in [0.15, 0.2) is 24.3 Å². The molecule has 0 aliphatic heterocycles. The second-order valence-electron chi connectivity index (χ2n) is 8.50. The van der Waals surface area contributed by atoms with Gasteiger partial charge in [0, 0.05) is 0 Å². The number of hydrogen-bond donors (Lipinski definition) is 2. The van der Waals surface area contributed by atoms with Crippen LogP contribution >= 0.6 is 19.8 Å². The maximum Gasteiger partial charge on any atom is 0.341 e. The van der Waals surface area contributed by atoms with Gasteiger partial charge in [0.25, 0.3) is 0 Å². The first-order valence-corrected chi connectivity index (χ1v) is 15.1. The quantitative estimate of drug-likeness (QED) is 0.0984. The van der Waals surface area contributed by atoms with Crippen LogP contribution in [-0.2, 0) is 12.6 Å². The Hall–Kier alpha value is -1.77. The van der Waals surface area contributed by atoms with Gasteiger partial charge in [0.15, 0.2) is 0 Å². The Morgan fingerprint density at radius 3 is 1.70 bits per heavy atom. The zero-order valence-corrected chi connectivity index (χ0v) is 22.0. The lowest BCUT2D eigenvalue weighted by Gasteiger charge is -2.09. The van der Waals surface area contributed by atoms with Crippen LogP contribution in [0.5, 0.6) is 0 Å². The molecule has 33 heavy (non-hydrogen) atoms. The fourth-order valence-corrected chi connectivity index (χ4v) is 5.31. The fourth-order valence-electron chi connectivity index (χ4n) is 3.88. The normalized spacial score (nSPS) is 11.5. The van der Waals surface area contributed by atoms with Gasteiger partial charge in [-0.25, -0.2) is 15.7 Å². The summed E-state index contributed by atoms with van der Waals surface area (Å²) < 4.78 is 22.4. The molecule has 0 atom stereocenters. The van der Waals surface area contributed by atoms with E-state index in [2.05, 4.69) is 19.1 Å². The maximum absolute atomic E-state index is 11.5. The van der Waals surface area contributed by atoms with Crippen LogP contribution in [0.25, 0.3) is 0 Å². The molecule has 0 unspecified atom stereocenters. The van der Waals surface area contributed by atoms with Crippen molar-refractivity contribution in [2.75, 3.05) is 0 Å². The van der Waals surface area contributed by atoms with Gasteiger partial charge in [-0.3, -0.25) is 0 Å². The van der Waals surface area contributed by atoms with Gasteiger partial charge in [0.2, 0.25) is 0 Å². The van der Waals surface area contributed by atoms with Crippen LogP contribution in [0.3, 0.4) is 0 Å². The lowest BCUT2D eigenvalue weighted by atomic mass is 9.98. The summed E-state index contributed by atoms with van der Waals surface area (Å²) >= 11 is -4.11. The largest absolute Gasteiger partial charge is 0.478 e. The molecule has 0 heterocycles. The minimum atomic E-state index is -4.11. The smallest absolute Gasteiger partial charge is 0.341 e. The number of unbranched alkanes of at least 4 members (excludes halogenated alkanes) is 12. The number of carbonyl (C=O) groups is 2. The molecule has 0 bridgehead atoms. The molecule has 0 fully saturated rings. The molecule has 6 nitrogen and oxygen atoms in total. The molecule has 1 aromatic carbocycles. The van der Waals surface area contributed by atoms with Gasteiger partial charge in [-0.1, -0.05) is 76.9 Å². The molecule has 0 aromatic heterocycles. The van der Waals surface area contributed by atoms with Crippen LogP contribution < -0.4 is 0 Å². The van der Waals surface area contributed by atoms with Crippen LogP contribution in [0, 0.1) is 3.57 Å². The van der Waals surface area contributed by atoms with E-state index in [1.165, 1.54) is 57.4 Å². The Balaban J connectivity index is 2.27. The number of benzene rings is 1. The van der Waals surface area contributed by atoms with Crippen LogP contribution in [0.4, 0.5) is 0 Å². The Morgan fingerprint density at radius 1 is 0.727 bits per heavy atom. The highest BCUT2D eigenvalue weighted by atomic mass is 127. The summed E-state index contributed by atoms with van der Waals surface area (Å²) in [4.78, 5) is 22.9. The zero-order chi connectivity index (χ0) is 24.5. The SMILES string of the molecule is CCCCCCCCCCC=CCCCCCCc1cc(C(=O)O)c(I(=O)=O)cc1C(=O)O. The summed E-state index contributed by atoms with van der Waals surface area (Å²) in [6.45, 7) is 2.24. The van der Waals surface area contributed by atoms with Gasteiger partial charge in [0.05, 0.1) is 14.7 Å². The van der Waals surface area contributed by atoms with Crippen molar-refractivity contribution < 1.29 is 25.9 Å². The molecular formula is C26H39IO6. The third-order valence-electron chi connectivity index (χ3n) is 5.78. The molecule has 0 amide bonds. The van der Waals surface area contributed by atoms with E-state index >= 15 is 0 Å². The third-order valence-corrected chi connectivity index (χ3v) is 7.62. The molecule has 0 saturated carbocycles. The number of aromatic carboxylic acids is 2. The van der Waals surface area contributed by atoms with Gasteiger partial charge in [-0.05, 0) is 56.2 Å². The fraction of sp³-hybridized carbons (Fsp3) is 0.615. The summed E-state index contributed by atoms with van der Waals surface area (Å²) in [6, 6.07) is 2.22. The summed E-state index contributed by atoms with van der Waals surface area (Å²) in [5, 5.41) is 18.7. The van der Waals surface area contributed by atoms with E-state index in [1.54, 1.807) is 0 Å². The molecule has 0 radical (unpaired) electrons.